The maximum atomic E-state index is 12.6. The summed E-state index contributed by atoms with van der Waals surface area (Å²) in [5, 5.41) is -3.92. The standard InChI is InChI=1S/C9H6ClF3/c10-9(12,13)8(11)6-7-4-2-1-3-5-7/h1-6H/b8-6+. The molecule has 0 aliphatic carbocycles. The lowest BCUT2D eigenvalue weighted by Gasteiger charge is -2.03. The number of hydrogen-bond donors (Lipinski definition) is 0. The molecule has 0 aliphatic rings. The summed E-state index contributed by atoms with van der Waals surface area (Å²) in [4.78, 5) is 0. The van der Waals surface area contributed by atoms with Crippen molar-refractivity contribution in [1.82, 2.24) is 0 Å². The van der Waals surface area contributed by atoms with Crippen LogP contribution in [0.3, 0.4) is 0 Å². The highest BCUT2D eigenvalue weighted by Gasteiger charge is 2.31. The van der Waals surface area contributed by atoms with E-state index in [1.807, 2.05) is 0 Å². The van der Waals surface area contributed by atoms with Gasteiger partial charge in [0.15, 0.2) is 5.83 Å². The van der Waals surface area contributed by atoms with Crippen LogP contribution in [0.4, 0.5) is 13.2 Å². The molecule has 1 rings (SSSR count). The quantitative estimate of drug-likeness (QED) is 0.645. The van der Waals surface area contributed by atoms with Crippen LogP contribution in [0.25, 0.3) is 6.08 Å². The van der Waals surface area contributed by atoms with Crippen molar-refractivity contribution in [2.24, 2.45) is 0 Å². The molecule has 0 aromatic heterocycles. The Hall–Kier alpha value is -0.960. The fraction of sp³-hybridized carbons (Fsp3) is 0.111. The zero-order chi connectivity index (χ0) is 9.90. The van der Waals surface area contributed by atoms with Gasteiger partial charge in [-0.1, -0.05) is 30.3 Å². The Balaban J connectivity index is 2.90. The summed E-state index contributed by atoms with van der Waals surface area (Å²) in [6, 6.07) is 7.94. The van der Waals surface area contributed by atoms with Gasteiger partial charge in [0.05, 0.1) is 0 Å². The zero-order valence-corrected chi connectivity index (χ0v) is 7.23. The van der Waals surface area contributed by atoms with Crippen molar-refractivity contribution in [2.45, 2.75) is 5.38 Å². The predicted octanol–water partition coefficient (Wildman–Crippen LogP) is 3.83. The van der Waals surface area contributed by atoms with Crippen LogP contribution in [-0.4, -0.2) is 5.38 Å². The number of halogens is 4. The number of allylic oxidation sites excluding steroid dienone is 1. The van der Waals surface area contributed by atoms with E-state index in [0.29, 0.717) is 11.6 Å². The average molecular weight is 207 g/mol. The van der Waals surface area contributed by atoms with E-state index < -0.39 is 11.2 Å². The maximum absolute atomic E-state index is 12.6. The number of benzene rings is 1. The molecule has 0 unspecified atom stereocenters. The minimum absolute atomic E-state index is 0.348. The molecule has 0 amide bonds. The largest absolute Gasteiger partial charge is 0.373 e. The fourth-order valence-corrected chi connectivity index (χ4v) is 0.832. The zero-order valence-electron chi connectivity index (χ0n) is 6.48. The Bertz CT molecular complexity index is 300. The number of alkyl halides is 3. The van der Waals surface area contributed by atoms with E-state index in [2.05, 4.69) is 11.6 Å². The van der Waals surface area contributed by atoms with Gasteiger partial charge in [0, 0.05) is 0 Å². The lowest BCUT2D eigenvalue weighted by Crippen LogP contribution is -2.05. The molecular formula is C9H6ClF3. The van der Waals surface area contributed by atoms with E-state index >= 15 is 0 Å². The van der Waals surface area contributed by atoms with Crippen LogP contribution in [0.1, 0.15) is 5.56 Å². The molecule has 13 heavy (non-hydrogen) atoms. The lowest BCUT2D eigenvalue weighted by atomic mass is 10.2. The molecule has 4 heteroatoms. The van der Waals surface area contributed by atoms with Gasteiger partial charge in [-0.3, -0.25) is 0 Å². The van der Waals surface area contributed by atoms with Gasteiger partial charge in [0.25, 0.3) is 0 Å². The summed E-state index contributed by atoms with van der Waals surface area (Å²) < 4.78 is 36.8. The summed E-state index contributed by atoms with van der Waals surface area (Å²) >= 11 is 4.46. The SMILES string of the molecule is F/C(=C/c1ccccc1)C(F)(F)Cl. The first kappa shape index (κ1) is 10.1. The molecule has 0 atom stereocenters. The van der Waals surface area contributed by atoms with Crippen LogP contribution in [0.5, 0.6) is 0 Å². The molecule has 70 valence electrons. The normalized spacial score (nSPS) is 13.1. The number of hydrogen-bond acceptors (Lipinski definition) is 0. The topological polar surface area (TPSA) is 0 Å². The molecule has 0 fully saturated rings. The van der Waals surface area contributed by atoms with Crippen molar-refractivity contribution >= 4 is 17.7 Å². The van der Waals surface area contributed by atoms with Crippen LogP contribution in [-0.2, 0) is 0 Å². The lowest BCUT2D eigenvalue weighted by molar-refractivity contribution is 0.112. The Morgan fingerprint density at radius 3 is 2.23 bits per heavy atom. The predicted molar refractivity (Wildman–Crippen MR) is 46.3 cm³/mol. The van der Waals surface area contributed by atoms with E-state index in [1.165, 1.54) is 12.1 Å². The summed E-state index contributed by atoms with van der Waals surface area (Å²) in [6.45, 7) is 0. The Labute approximate surface area is 78.6 Å². The van der Waals surface area contributed by atoms with Crippen molar-refractivity contribution in [3.8, 4) is 0 Å². The van der Waals surface area contributed by atoms with Gasteiger partial charge in [-0.15, -0.1) is 0 Å². The highest BCUT2D eigenvalue weighted by Crippen LogP contribution is 2.30. The molecule has 0 saturated heterocycles. The van der Waals surface area contributed by atoms with E-state index in [4.69, 9.17) is 0 Å². The summed E-state index contributed by atoms with van der Waals surface area (Å²) in [6.07, 6.45) is 0.701. The van der Waals surface area contributed by atoms with Gasteiger partial charge < -0.3 is 0 Å². The second kappa shape index (κ2) is 3.83. The molecule has 0 aliphatic heterocycles. The Morgan fingerprint density at radius 1 is 1.23 bits per heavy atom. The summed E-state index contributed by atoms with van der Waals surface area (Å²) in [5.41, 5.74) is 0.348. The van der Waals surface area contributed by atoms with E-state index in [0.717, 1.165) is 0 Å². The van der Waals surface area contributed by atoms with Crippen LogP contribution in [0.2, 0.25) is 0 Å². The highest BCUT2D eigenvalue weighted by atomic mass is 35.5. The van der Waals surface area contributed by atoms with Crippen LogP contribution in [0, 0.1) is 0 Å². The van der Waals surface area contributed by atoms with Gasteiger partial charge in [0.1, 0.15) is 0 Å². The van der Waals surface area contributed by atoms with Gasteiger partial charge in [0.2, 0.25) is 0 Å². The van der Waals surface area contributed by atoms with Gasteiger partial charge in [-0.2, -0.15) is 8.78 Å². The third-order valence-corrected chi connectivity index (χ3v) is 1.54. The molecule has 0 saturated carbocycles. The van der Waals surface area contributed by atoms with E-state index in [-0.39, 0.29) is 0 Å². The Kier molecular flexibility index (Phi) is 2.98. The van der Waals surface area contributed by atoms with Crippen LogP contribution in [0.15, 0.2) is 36.2 Å². The molecule has 1 aromatic rings. The molecule has 1 aromatic carbocycles. The van der Waals surface area contributed by atoms with Gasteiger partial charge in [-0.25, -0.2) is 4.39 Å². The number of rotatable bonds is 2. The van der Waals surface area contributed by atoms with Gasteiger partial charge >= 0.3 is 5.38 Å². The second-order valence-electron chi connectivity index (χ2n) is 2.40. The van der Waals surface area contributed by atoms with Crippen molar-refractivity contribution in [1.29, 1.82) is 0 Å². The molecule has 0 N–H and O–H groups in total. The van der Waals surface area contributed by atoms with Crippen molar-refractivity contribution in [2.75, 3.05) is 0 Å². The molecule has 0 radical (unpaired) electrons. The molecule has 0 heterocycles. The molecule has 0 nitrogen and oxygen atoms in total. The van der Waals surface area contributed by atoms with Crippen molar-refractivity contribution in [3.63, 3.8) is 0 Å². The van der Waals surface area contributed by atoms with Crippen molar-refractivity contribution in [3.05, 3.63) is 41.7 Å². The summed E-state index contributed by atoms with van der Waals surface area (Å²) in [5.74, 6) is -1.65. The molecular weight excluding hydrogens is 201 g/mol. The van der Waals surface area contributed by atoms with Gasteiger partial charge in [-0.05, 0) is 23.2 Å². The maximum Gasteiger partial charge on any atom is 0.373 e. The average Bonchev–Trinajstić information content (AvgIpc) is 2.04. The second-order valence-corrected chi connectivity index (χ2v) is 2.88. The first-order valence-corrected chi connectivity index (χ1v) is 3.87. The van der Waals surface area contributed by atoms with Crippen LogP contribution < -0.4 is 0 Å². The minimum Gasteiger partial charge on any atom is -0.204 e. The first-order valence-electron chi connectivity index (χ1n) is 3.49. The first-order chi connectivity index (χ1) is 6.00. The smallest absolute Gasteiger partial charge is 0.204 e. The van der Waals surface area contributed by atoms with E-state index in [1.54, 1.807) is 18.2 Å². The monoisotopic (exact) mass is 206 g/mol. The minimum atomic E-state index is -3.92. The fourth-order valence-electron chi connectivity index (χ4n) is 0.777. The third kappa shape index (κ3) is 3.11. The molecule has 0 spiro atoms. The van der Waals surface area contributed by atoms with Crippen molar-refractivity contribution < 1.29 is 13.2 Å². The molecule has 0 bridgehead atoms. The Morgan fingerprint density at radius 2 is 1.77 bits per heavy atom. The van der Waals surface area contributed by atoms with E-state index in [9.17, 15) is 13.2 Å². The summed E-state index contributed by atoms with van der Waals surface area (Å²) in [7, 11) is 0. The highest BCUT2D eigenvalue weighted by molar-refractivity contribution is 6.23. The van der Waals surface area contributed by atoms with Crippen LogP contribution >= 0.6 is 11.6 Å². The third-order valence-electron chi connectivity index (χ3n) is 1.36.